The fraction of sp³-hybridized carbons (Fsp3) is 0.538. The van der Waals surface area contributed by atoms with Gasteiger partial charge < -0.3 is 9.84 Å². The summed E-state index contributed by atoms with van der Waals surface area (Å²) in [6.45, 7) is 2.34. The van der Waals surface area contributed by atoms with Crippen LogP contribution in [0, 0.1) is 0 Å². The summed E-state index contributed by atoms with van der Waals surface area (Å²) < 4.78 is 32.4. The summed E-state index contributed by atoms with van der Waals surface area (Å²) in [7, 11) is -3.58. The molecule has 1 fully saturated rings. The Hall–Kier alpha value is -0.660. The third-order valence-corrected chi connectivity index (χ3v) is 5.19. The SMILES string of the molecule is CCOC1CC(NS(=O)(=O)c2ccc(CO)c(Cl)c2)C1. The number of rotatable bonds is 6. The van der Waals surface area contributed by atoms with Gasteiger partial charge >= 0.3 is 0 Å². The molecule has 0 unspecified atom stereocenters. The summed E-state index contributed by atoms with van der Waals surface area (Å²) in [5.41, 5.74) is 0.505. The van der Waals surface area contributed by atoms with E-state index in [4.69, 9.17) is 21.4 Å². The molecule has 2 rings (SSSR count). The maximum Gasteiger partial charge on any atom is 0.240 e. The molecule has 1 aliphatic carbocycles. The summed E-state index contributed by atoms with van der Waals surface area (Å²) >= 11 is 5.91. The van der Waals surface area contributed by atoms with Crippen LogP contribution in [0.3, 0.4) is 0 Å². The molecule has 20 heavy (non-hydrogen) atoms. The van der Waals surface area contributed by atoms with Crippen LogP contribution in [-0.2, 0) is 21.4 Å². The topological polar surface area (TPSA) is 75.6 Å². The van der Waals surface area contributed by atoms with E-state index in [0.717, 1.165) is 0 Å². The Morgan fingerprint density at radius 3 is 2.70 bits per heavy atom. The first-order valence-corrected chi connectivity index (χ1v) is 8.35. The van der Waals surface area contributed by atoms with Gasteiger partial charge in [0.15, 0.2) is 0 Å². The quantitative estimate of drug-likeness (QED) is 0.836. The van der Waals surface area contributed by atoms with E-state index in [-0.39, 0.29) is 28.7 Å². The molecular weight excluding hydrogens is 302 g/mol. The molecule has 0 heterocycles. The largest absolute Gasteiger partial charge is 0.392 e. The molecule has 7 heteroatoms. The second kappa shape index (κ2) is 6.41. The highest BCUT2D eigenvalue weighted by Gasteiger charge is 2.33. The predicted molar refractivity (Wildman–Crippen MR) is 76.1 cm³/mol. The minimum absolute atomic E-state index is 0.0900. The highest BCUT2D eigenvalue weighted by atomic mass is 35.5. The average Bonchev–Trinajstić information content (AvgIpc) is 2.36. The van der Waals surface area contributed by atoms with Crippen molar-refractivity contribution >= 4 is 21.6 Å². The lowest BCUT2D eigenvalue weighted by Crippen LogP contribution is -2.47. The third kappa shape index (κ3) is 3.51. The van der Waals surface area contributed by atoms with Gasteiger partial charge in [-0.3, -0.25) is 0 Å². The lowest BCUT2D eigenvalue weighted by molar-refractivity contribution is -0.00475. The van der Waals surface area contributed by atoms with Crippen molar-refractivity contribution in [1.82, 2.24) is 4.72 Å². The molecule has 5 nitrogen and oxygen atoms in total. The Bertz CT molecular complexity index is 570. The molecule has 0 bridgehead atoms. The monoisotopic (exact) mass is 319 g/mol. The second-order valence-corrected chi connectivity index (χ2v) is 6.90. The molecule has 1 aromatic carbocycles. The van der Waals surface area contributed by atoms with Gasteiger partial charge in [0, 0.05) is 17.7 Å². The van der Waals surface area contributed by atoms with Crippen LogP contribution in [0.15, 0.2) is 23.1 Å². The van der Waals surface area contributed by atoms with Gasteiger partial charge in [-0.25, -0.2) is 13.1 Å². The molecule has 0 saturated heterocycles. The summed E-state index contributed by atoms with van der Waals surface area (Å²) in [5, 5.41) is 9.27. The van der Waals surface area contributed by atoms with E-state index < -0.39 is 10.0 Å². The van der Waals surface area contributed by atoms with Crippen LogP contribution in [0.1, 0.15) is 25.3 Å². The van der Waals surface area contributed by atoms with Crippen molar-refractivity contribution in [2.45, 2.75) is 43.4 Å². The Labute approximate surface area is 124 Å². The second-order valence-electron chi connectivity index (χ2n) is 4.78. The number of hydrogen-bond donors (Lipinski definition) is 2. The zero-order chi connectivity index (χ0) is 14.8. The number of ether oxygens (including phenoxy) is 1. The zero-order valence-corrected chi connectivity index (χ0v) is 12.7. The van der Waals surface area contributed by atoms with Crippen molar-refractivity contribution in [1.29, 1.82) is 0 Å². The first-order chi connectivity index (χ1) is 9.46. The van der Waals surface area contributed by atoms with Crippen LogP contribution >= 0.6 is 11.6 Å². The predicted octanol–water partition coefficient (Wildman–Crippen LogP) is 1.68. The molecule has 1 aliphatic rings. The fourth-order valence-electron chi connectivity index (χ4n) is 2.14. The normalized spacial score (nSPS) is 22.6. The molecule has 112 valence electrons. The smallest absolute Gasteiger partial charge is 0.240 e. The van der Waals surface area contributed by atoms with Gasteiger partial charge in [0.25, 0.3) is 0 Å². The minimum Gasteiger partial charge on any atom is -0.392 e. The van der Waals surface area contributed by atoms with Crippen molar-refractivity contribution in [3.8, 4) is 0 Å². The van der Waals surface area contributed by atoms with Crippen molar-refractivity contribution < 1.29 is 18.3 Å². The van der Waals surface area contributed by atoms with E-state index in [0.29, 0.717) is 25.0 Å². The van der Waals surface area contributed by atoms with E-state index >= 15 is 0 Å². The van der Waals surface area contributed by atoms with Gasteiger partial charge in [-0.1, -0.05) is 17.7 Å². The van der Waals surface area contributed by atoms with Crippen molar-refractivity contribution in [3.63, 3.8) is 0 Å². The number of benzene rings is 1. The van der Waals surface area contributed by atoms with Gasteiger partial charge in [0.05, 0.1) is 17.6 Å². The maximum atomic E-state index is 12.2. The molecule has 0 spiro atoms. The number of sulfonamides is 1. The van der Waals surface area contributed by atoms with Crippen LogP contribution in [0.25, 0.3) is 0 Å². The van der Waals surface area contributed by atoms with Crippen molar-refractivity contribution in [3.05, 3.63) is 28.8 Å². The van der Waals surface area contributed by atoms with Crippen LogP contribution in [0.2, 0.25) is 5.02 Å². The molecule has 0 aromatic heterocycles. The lowest BCUT2D eigenvalue weighted by atomic mass is 9.90. The zero-order valence-electron chi connectivity index (χ0n) is 11.2. The van der Waals surface area contributed by atoms with Crippen LogP contribution in [0.4, 0.5) is 0 Å². The number of aliphatic hydroxyl groups excluding tert-OH is 1. The Balaban J connectivity index is 2.02. The summed E-state index contributed by atoms with van der Waals surface area (Å²) in [5.74, 6) is 0. The standard InChI is InChI=1S/C13H18ClNO4S/c1-2-19-11-5-10(6-11)15-20(17,18)12-4-3-9(8-16)13(14)7-12/h3-4,7,10-11,15-16H,2,5-6,8H2,1H3. The molecule has 0 aliphatic heterocycles. The molecule has 1 saturated carbocycles. The molecule has 0 atom stereocenters. The minimum atomic E-state index is -3.58. The van der Waals surface area contributed by atoms with Gasteiger partial charge in [-0.2, -0.15) is 0 Å². The number of hydrogen-bond acceptors (Lipinski definition) is 4. The average molecular weight is 320 g/mol. The van der Waals surface area contributed by atoms with Gasteiger partial charge in [0.2, 0.25) is 10.0 Å². The Morgan fingerprint density at radius 2 is 2.15 bits per heavy atom. The van der Waals surface area contributed by atoms with Crippen LogP contribution < -0.4 is 4.72 Å². The molecular formula is C13H18ClNO4S. The molecule has 2 N–H and O–H groups in total. The lowest BCUT2D eigenvalue weighted by Gasteiger charge is -2.35. The van der Waals surface area contributed by atoms with E-state index in [2.05, 4.69) is 4.72 Å². The van der Waals surface area contributed by atoms with E-state index in [9.17, 15) is 8.42 Å². The molecule has 0 radical (unpaired) electrons. The van der Waals surface area contributed by atoms with Crippen molar-refractivity contribution in [2.75, 3.05) is 6.61 Å². The summed E-state index contributed by atoms with van der Waals surface area (Å²) in [4.78, 5) is 0.111. The number of nitrogens with one attached hydrogen (secondary N) is 1. The van der Waals surface area contributed by atoms with Gasteiger partial charge in [-0.15, -0.1) is 0 Å². The first kappa shape index (κ1) is 15.7. The van der Waals surface area contributed by atoms with Crippen molar-refractivity contribution in [2.24, 2.45) is 0 Å². The van der Waals surface area contributed by atoms with E-state index in [1.807, 2.05) is 6.92 Å². The first-order valence-electron chi connectivity index (χ1n) is 6.49. The van der Waals surface area contributed by atoms with Crippen LogP contribution in [-0.4, -0.2) is 32.3 Å². The third-order valence-electron chi connectivity index (χ3n) is 3.32. The Kier molecular flexibility index (Phi) is 5.04. The van der Waals surface area contributed by atoms with E-state index in [1.54, 1.807) is 0 Å². The highest BCUT2D eigenvalue weighted by molar-refractivity contribution is 7.89. The summed E-state index contributed by atoms with van der Waals surface area (Å²) in [6.07, 6.45) is 1.53. The van der Waals surface area contributed by atoms with Gasteiger partial charge in [-0.05, 0) is 37.5 Å². The molecule has 1 aromatic rings. The Morgan fingerprint density at radius 1 is 1.45 bits per heavy atom. The summed E-state index contributed by atoms with van der Waals surface area (Å²) in [6, 6.07) is 4.22. The number of halogens is 1. The fourth-order valence-corrected chi connectivity index (χ4v) is 3.74. The highest BCUT2D eigenvalue weighted by Crippen LogP contribution is 2.26. The van der Waals surface area contributed by atoms with E-state index in [1.165, 1.54) is 18.2 Å². The molecule has 0 amide bonds. The number of aliphatic hydroxyl groups is 1. The maximum absolute atomic E-state index is 12.2. The van der Waals surface area contributed by atoms with Crippen LogP contribution in [0.5, 0.6) is 0 Å². The van der Waals surface area contributed by atoms with Gasteiger partial charge in [0.1, 0.15) is 0 Å².